The van der Waals surface area contributed by atoms with E-state index in [9.17, 15) is 9.59 Å². The van der Waals surface area contributed by atoms with E-state index in [0.717, 1.165) is 22.0 Å². The van der Waals surface area contributed by atoms with Crippen molar-refractivity contribution in [2.45, 2.75) is 19.4 Å². The highest BCUT2D eigenvalue weighted by atomic mass is 16.5. The van der Waals surface area contributed by atoms with Gasteiger partial charge in [0.05, 0.1) is 12.0 Å². The van der Waals surface area contributed by atoms with E-state index < -0.39 is 5.91 Å². The third-order valence-corrected chi connectivity index (χ3v) is 4.91. The molecule has 2 aromatic heterocycles. The van der Waals surface area contributed by atoms with Crippen LogP contribution in [0.4, 0.5) is 0 Å². The van der Waals surface area contributed by atoms with Crippen LogP contribution in [0.5, 0.6) is 5.88 Å². The van der Waals surface area contributed by atoms with Crippen LogP contribution in [0.25, 0.3) is 10.9 Å². The van der Waals surface area contributed by atoms with Crippen LogP contribution in [0.2, 0.25) is 0 Å². The van der Waals surface area contributed by atoms with Crippen LogP contribution in [0.15, 0.2) is 79.1 Å². The van der Waals surface area contributed by atoms with E-state index in [2.05, 4.69) is 20.8 Å². The van der Waals surface area contributed by atoms with E-state index in [1.54, 1.807) is 18.3 Å². The number of hydrogen-bond donors (Lipinski definition) is 3. The average molecular weight is 414 g/mol. The summed E-state index contributed by atoms with van der Waals surface area (Å²) >= 11 is 0. The predicted octanol–water partition coefficient (Wildman–Crippen LogP) is 3.71. The molecule has 3 N–H and O–H groups in total. The van der Waals surface area contributed by atoms with Gasteiger partial charge >= 0.3 is 0 Å². The highest BCUT2D eigenvalue weighted by Crippen LogP contribution is 2.20. The summed E-state index contributed by atoms with van der Waals surface area (Å²) < 4.78 is 5.81. The summed E-state index contributed by atoms with van der Waals surface area (Å²) in [5.41, 5.74) is 8.02. The molecule has 4 rings (SSSR count). The van der Waals surface area contributed by atoms with Gasteiger partial charge in [0, 0.05) is 29.4 Å². The summed E-state index contributed by atoms with van der Waals surface area (Å²) in [6.45, 7) is 1.93. The Hall–Kier alpha value is -4.13. The van der Waals surface area contributed by atoms with E-state index in [0.29, 0.717) is 11.4 Å². The smallest absolute Gasteiger partial charge is 0.271 e. The van der Waals surface area contributed by atoms with Crippen LogP contribution in [0.1, 0.15) is 34.5 Å². The number of hydrogen-bond acceptors (Lipinski definition) is 4. The fourth-order valence-corrected chi connectivity index (χ4v) is 3.25. The second-order valence-electron chi connectivity index (χ2n) is 7.09. The van der Waals surface area contributed by atoms with Crippen molar-refractivity contribution in [2.75, 3.05) is 0 Å². The van der Waals surface area contributed by atoms with Gasteiger partial charge in [0.25, 0.3) is 5.91 Å². The Bertz CT molecular complexity index is 1190. The zero-order valence-corrected chi connectivity index (χ0v) is 17.0. The number of hydrazine groups is 1. The van der Waals surface area contributed by atoms with E-state index >= 15 is 0 Å². The number of benzene rings is 2. The molecule has 4 aromatic rings. The third kappa shape index (κ3) is 4.90. The minimum atomic E-state index is -0.456. The maximum Gasteiger partial charge on any atom is 0.271 e. The van der Waals surface area contributed by atoms with Gasteiger partial charge in [-0.3, -0.25) is 20.4 Å². The molecule has 0 radical (unpaired) electrons. The lowest BCUT2D eigenvalue weighted by atomic mass is 10.1. The van der Waals surface area contributed by atoms with Gasteiger partial charge in [-0.25, -0.2) is 4.98 Å². The number of pyridine rings is 1. The van der Waals surface area contributed by atoms with Crippen molar-refractivity contribution in [2.24, 2.45) is 0 Å². The highest BCUT2D eigenvalue weighted by Gasteiger charge is 2.12. The number of carbonyl (C=O) groups excluding carboxylic acids is 2. The van der Waals surface area contributed by atoms with E-state index in [-0.39, 0.29) is 18.4 Å². The molecule has 1 unspecified atom stereocenters. The number of carbonyl (C=O) groups is 2. The summed E-state index contributed by atoms with van der Waals surface area (Å²) in [5, 5.41) is 0.980. The van der Waals surface area contributed by atoms with Gasteiger partial charge in [-0.2, -0.15) is 0 Å². The van der Waals surface area contributed by atoms with Crippen LogP contribution in [-0.2, 0) is 11.2 Å². The van der Waals surface area contributed by atoms with Crippen molar-refractivity contribution in [3.63, 3.8) is 0 Å². The van der Waals surface area contributed by atoms with Crippen LogP contribution in [0.3, 0.4) is 0 Å². The minimum Gasteiger partial charge on any atom is -0.470 e. The first-order valence-corrected chi connectivity index (χ1v) is 9.92. The largest absolute Gasteiger partial charge is 0.470 e. The Kier molecular flexibility index (Phi) is 5.93. The molecular weight excluding hydrogens is 392 g/mol. The second kappa shape index (κ2) is 9.13. The van der Waals surface area contributed by atoms with Crippen molar-refractivity contribution in [3.05, 3.63) is 95.8 Å². The molecule has 0 fully saturated rings. The lowest BCUT2D eigenvalue weighted by Gasteiger charge is -2.14. The third-order valence-electron chi connectivity index (χ3n) is 4.91. The van der Waals surface area contributed by atoms with Gasteiger partial charge in [-0.05, 0) is 30.2 Å². The van der Waals surface area contributed by atoms with E-state index in [1.807, 2.05) is 61.5 Å². The fraction of sp³-hybridized carbons (Fsp3) is 0.125. The molecule has 2 aromatic carbocycles. The maximum absolute atomic E-state index is 12.3. The number of aromatic amines is 1. The molecule has 0 saturated carbocycles. The minimum absolute atomic E-state index is 0.146. The van der Waals surface area contributed by atoms with Crippen molar-refractivity contribution < 1.29 is 14.3 Å². The Morgan fingerprint density at radius 1 is 1.00 bits per heavy atom. The zero-order chi connectivity index (χ0) is 21.6. The van der Waals surface area contributed by atoms with Crippen molar-refractivity contribution >= 4 is 22.7 Å². The van der Waals surface area contributed by atoms with Crippen LogP contribution >= 0.6 is 0 Å². The second-order valence-corrected chi connectivity index (χ2v) is 7.09. The number of rotatable bonds is 6. The summed E-state index contributed by atoms with van der Waals surface area (Å²) in [6.07, 6.45) is 3.18. The van der Waals surface area contributed by atoms with Crippen molar-refractivity contribution in [1.82, 2.24) is 20.8 Å². The molecule has 2 heterocycles. The Morgan fingerprint density at radius 2 is 1.77 bits per heavy atom. The molecule has 0 aliphatic heterocycles. The van der Waals surface area contributed by atoms with Gasteiger partial charge in [0.1, 0.15) is 6.10 Å². The number of amides is 2. The number of nitrogens with zero attached hydrogens (tertiary/aromatic N) is 1. The van der Waals surface area contributed by atoms with Crippen molar-refractivity contribution in [1.29, 1.82) is 0 Å². The van der Waals surface area contributed by atoms with Gasteiger partial charge < -0.3 is 9.72 Å². The van der Waals surface area contributed by atoms with E-state index in [4.69, 9.17) is 4.74 Å². The van der Waals surface area contributed by atoms with Crippen molar-refractivity contribution in [3.8, 4) is 5.88 Å². The number of ether oxygens (including phenoxy) is 1. The maximum atomic E-state index is 12.3. The van der Waals surface area contributed by atoms with Gasteiger partial charge in [-0.1, -0.05) is 48.5 Å². The highest BCUT2D eigenvalue weighted by molar-refractivity contribution is 5.96. The summed E-state index contributed by atoms with van der Waals surface area (Å²) in [7, 11) is 0. The fourth-order valence-electron chi connectivity index (χ4n) is 3.25. The monoisotopic (exact) mass is 414 g/mol. The first kappa shape index (κ1) is 20.2. The molecule has 2 amide bonds. The molecule has 0 spiro atoms. The summed E-state index contributed by atoms with van der Waals surface area (Å²) in [6, 6.07) is 20.8. The topological polar surface area (TPSA) is 96.1 Å². The van der Waals surface area contributed by atoms with Gasteiger partial charge in [0.15, 0.2) is 0 Å². The number of nitrogens with one attached hydrogen (secondary N) is 3. The molecule has 0 aliphatic carbocycles. The molecule has 156 valence electrons. The number of aromatic nitrogens is 2. The molecule has 0 saturated heterocycles. The molecule has 1 atom stereocenters. The molecule has 31 heavy (non-hydrogen) atoms. The Labute approximate surface area is 179 Å². The average Bonchev–Trinajstić information content (AvgIpc) is 3.21. The summed E-state index contributed by atoms with van der Waals surface area (Å²) in [4.78, 5) is 31.8. The number of fused-ring (bicyclic) bond motifs is 1. The van der Waals surface area contributed by atoms with Gasteiger partial charge in [-0.15, -0.1) is 0 Å². The van der Waals surface area contributed by atoms with Crippen LogP contribution in [0, 0.1) is 0 Å². The molecule has 7 heteroatoms. The van der Waals surface area contributed by atoms with E-state index in [1.165, 1.54) is 6.20 Å². The van der Waals surface area contributed by atoms with Crippen LogP contribution in [-0.4, -0.2) is 21.8 Å². The number of para-hydroxylation sites is 1. The number of H-pyrrole nitrogens is 1. The van der Waals surface area contributed by atoms with Crippen LogP contribution < -0.4 is 15.6 Å². The first-order valence-electron chi connectivity index (χ1n) is 9.92. The molecule has 0 aliphatic rings. The molecular formula is C24H22N4O3. The Morgan fingerprint density at radius 3 is 2.55 bits per heavy atom. The standard InChI is InChI=1S/C24H22N4O3/c1-16(17-7-3-2-4-8-17)31-23-12-11-18(14-26-23)24(30)28-27-22(29)13-19-15-25-21-10-6-5-9-20(19)21/h2-12,14-16,25H,13H2,1H3,(H,27,29)(H,28,30). The van der Waals surface area contributed by atoms with Gasteiger partial charge in [0.2, 0.25) is 11.8 Å². The zero-order valence-electron chi connectivity index (χ0n) is 17.0. The predicted molar refractivity (Wildman–Crippen MR) is 117 cm³/mol. The normalized spacial score (nSPS) is 11.6. The molecule has 7 nitrogen and oxygen atoms in total. The quantitative estimate of drug-likeness (QED) is 0.419. The Balaban J connectivity index is 1.30. The molecule has 0 bridgehead atoms. The lowest BCUT2D eigenvalue weighted by Crippen LogP contribution is -2.42. The lowest BCUT2D eigenvalue weighted by molar-refractivity contribution is -0.121. The summed E-state index contributed by atoms with van der Waals surface area (Å²) in [5.74, 6) is -0.360. The first-order chi connectivity index (χ1) is 15.1. The SMILES string of the molecule is CC(Oc1ccc(C(=O)NNC(=O)Cc2c[nH]c3ccccc23)cn1)c1ccccc1.